The summed E-state index contributed by atoms with van der Waals surface area (Å²) in [5.41, 5.74) is -1.29. The third-order valence-electron chi connectivity index (χ3n) is 5.21. The zero-order chi connectivity index (χ0) is 14.6. The van der Waals surface area contributed by atoms with Crippen molar-refractivity contribution in [1.29, 1.82) is 0 Å². The van der Waals surface area contributed by atoms with Crippen molar-refractivity contribution < 1.29 is 20.1 Å². The minimum atomic E-state index is -1.29. The number of aliphatic hydroxyl groups excluding tert-OH is 3. The molecule has 2 aliphatic rings. The molecule has 0 aromatic heterocycles. The number of aliphatic hydroxyl groups is 3. The molecule has 3 unspecified atom stereocenters. The van der Waals surface area contributed by atoms with E-state index in [2.05, 4.69) is 5.32 Å². The first-order chi connectivity index (χ1) is 9.64. The Morgan fingerprint density at radius 3 is 2.15 bits per heavy atom. The molecule has 0 aromatic carbocycles. The second-order valence-electron chi connectivity index (χ2n) is 6.56. The lowest BCUT2D eigenvalue weighted by molar-refractivity contribution is -0.131. The summed E-state index contributed by atoms with van der Waals surface area (Å²) in [6.07, 6.45) is 8.00. The predicted octanol–water partition coefficient (Wildman–Crippen LogP) is 0.425. The van der Waals surface area contributed by atoms with Crippen LogP contribution in [0.3, 0.4) is 0 Å². The number of hydrogen-bond acceptors (Lipinski definition) is 4. The van der Waals surface area contributed by atoms with Crippen LogP contribution in [0.4, 0.5) is 0 Å². The Kier molecular flexibility index (Phi) is 5.41. The normalized spacial score (nSPS) is 30.6. The lowest BCUT2D eigenvalue weighted by Gasteiger charge is -2.40. The highest BCUT2D eigenvalue weighted by Gasteiger charge is 2.38. The van der Waals surface area contributed by atoms with E-state index in [0.29, 0.717) is 5.92 Å². The van der Waals surface area contributed by atoms with E-state index in [1.165, 1.54) is 25.7 Å². The van der Waals surface area contributed by atoms with Crippen molar-refractivity contribution in [2.75, 3.05) is 19.8 Å². The Labute approximate surface area is 120 Å². The fourth-order valence-electron chi connectivity index (χ4n) is 3.74. The van der Waals surface area contributed by atoms with E-state index < -0.39 is 25.4 Å². The molecular weight excluding hydrogens is 258 g/mol. The van der Waals surface area contributed by atoms with Gasteiger partial charge in [-0.2, -0.15) is 0 Å². The monoisotopic (exact) mass is 285 g/mol. The van der Waals surface area contributed by atoms with Gasteiger partial charge in [0.1, 0.15) is 5.54 Å². The molecule has 0 radical (unpaired) electrons. The third kappa shape index (κ3) is 3.32. The van der Waals surface area contributed by atoms with Gasteiger partial charge < -0.3 is 20.6 Å². The summed E-state index contributed by atoms with van der Waals surface area (Å²) >= 11 is 0. The van der Waals surface area contributed by atoms with Gasteiger partial charge in [-0.05, 0) is 31.1 Å². The maximum atomic E-state index is 12.3. The highest BCUT2D eigenvalue weighted by molar-refractivity contribution is 5.79. The van der Waals surface area contributed by atoms with Crippen molar-refractivity contribution in [2.24, 2.45) is 17.8 Å². The van der Waals surface area contributed by atoms with Crippen LogP contribution in [0.2, 0.25) is 0 Å². The van der Waals surface area contributed by atoms with Crippen LogP contribution in [0.5, 0.6) is 0 Å². The van der Waals surface area contributed by atoms with Gasteiger partial charge in [-0.15, -0.1) is 0 Å². The smallest absolute Gasteiger partial charge is 0.223 e. The largest absolute Gasteiger partial charge is 0.394 e. The Morgan fingerprint density at radius 2 is 1.55 bits per heavy atom. The number of fused-ring (bicyclic) bond motifs is 1. The molecule has 20 heavy (non-hydrogen) atoms. The average Bonchev–Trinajstić information content (AvgIpc) is 2.52. The first-order valence-electron chi connectivity index (χ1n) is 7.78. The van der Waals surface area contributed by atoms with Crippen LogP contribution in [0.25, 0.3) is 0 Å². The minimum Gasteiger partial charge on any atom is -0.394 e. The first kappa shape index (κ1) is 15.7. The molecule has 0 heterocycles. The van der Waals surface area contributed by atoms with Gasteiger partial charge in [0.05, 0.1) is 19.8 Å². The van der Waals surface area contributed by atoms with E-state index in [4.69, 9.17) is 0 Å². The van der Waals surface area contributed by atoms with Gasteiger partial charge in [-0.1, -0.05) is 25.7 Å². The first-order valence-corrected chi connectivity index (χ1v) is 7.78. The van der Waals surface area contributed by atoms with Gasteiger partial charge in [0.2, 0.25) is 5.91 Å². The van der Waals surface area contributed by atoms with Gasteiger partial charge >= 0.3 is 0 Å². The van der Waals surface area contributed by atoms with Crippen molar-refractivity contribution in [3.8, 4) is 0 Å². The van der Waals surface area contributed by atoms with Gasteiger partial charge in [-0.3, -0.25) is 4.79 Å². The van der Waals surface area contributed by atoms with Crippen LogP contribution < -0.4 is 5.32 Å². The fourth-order valence-corrected chi connectivity index (χ4v) is 3.74. The van der Waals surface area contributed by atoms with Crippen LogP contribution in [0.1, 0.15) is 44.9 Å². The van der Waals surface area contributed by atoms with E-state index in [9.17, 15) is 20.1 Å². The Bertz CT molecular complexity index is 322. The molecular formula is C15H27NO4. The van der Waals surface area contributed by atoms with Crippen LogP contribution in [-0.2, 0) is 4.79 Å². The fraction of sp³-hybridized carbons (Fsp3) is 0.933. The number of hydrogen-bond donors (Lipinski definition) is 4. The Balaban J connectivity index is 1.92. The summed E-state index contributed by atoms with van der Waals surface area (Å²) in [6, 6.07) is 0. The van der Waals surface area contributed by atoms with Crippen molar-refractivity contribution in [2.45, 2.75) is 50.5 Å². The highest BCUT2D eigenvalue weighted by Crippen LogP contribution is 2.42. The molecule has 4 N–H and O–H groups in total. The molecule has 0 saturated heterocycles. The van der Waals surface area contributed by atoms with E-state index in [1.54, 1.807) is 0 Å². The van der Waals surface area contributed by atoms with Gasteiger partial charge in [-0.25, -0.2) is 0 Å². The molecule has 0 aromatic rings. The number of rotatable bonds is 5. The van der Waals surface area contributed by atoms with Gasteiger partial charge in [0, 0.05) is 5.92 Å². The number of amides is 1. The van der Waals surface area contributed by atoms with Crippen LogP contribution in [0.15, 0.2) is 0 Å². The minimum absolute atomic E-state index is 0.0432. The maximum absolute atomic E-state index is 12.3. The molecule has 0 spiro atoms. The molecule has 2 saturated carbocycles. The van der Waals surface area contributed by atoms with Crippen molar-refractivity contribution in [3.63, 3.8) is 0 Å². The molecule has 3 atom stereocenters. The molecule has 5 heteroatoms. The zero-order valence-electron chi connectivity index (χ0n) is 12.1. The standard InChI is InChI=1S/C15H27NO4/c17-8-15(9-18,10-19)16-14(20)13-6-5-11-3-1-2-4-12(11)7-13/h11-13,17-19H,1-10H2,(H,16,20). The second kappa shape index (κ2) is 6.87. The van der Waals surface area contributed by atoms with E-state index >= 15 is 0 Å². The third-order valence-corrected chi connectivity index (χ3v) is 5.21. The molecule has 1 amide bonds. The number of nitrogens with one attached hydrogen (secondary N) is 1. The van der Waals surface area contributed by atoms with Crippen LogP contribution >= 0.6 is 0 Å². The lowest BCUT2D eigenvalue weighted by Crippen LogP contribution is -2.58. The van der Waals surface area contributed by atoms with Crippen molar-refractivity contribution in [3.05, 3.63) is 0 Å². The zero-order valence-corrected chi connectivity index (χ0v) is 12.1. The summed E-state index contributed by atoms with van der Waals surface area (Å²) in [5.74, 6) is 1.26. The molecule has 116 valence electrons. The van der Waals surface area contributed by atoms with Gasteiger partial charge in [0.15, 0.2) is 0 Å². The summed E-state index contributed by atoms with van der Waals surface area (Å²) in [4.78, 5) is 12.3. The quantitative estimate of drug-likeness (QED) is 0.589. The predicted molar refractivity (Wildman–Crippen MR) is 74.9 cm³/mol. The van der Waals surface area contributed by atoms with Crippen molar-refractivity contribution >= 4 is 5.91 Å². The molecule has 0 bridgehead atoms. The molecule has 2 aliphatic carbocycles. The van der Waals surface area contributed by atoms with E-state index in [1.807, 2.05) is 0 Å². The second-order valence-corrected chi connectivity index (χ2v) is 6.56. The topological polar surface area (TPSA) is 89.8 Å². The summed E-state index contributed by atoms with van der Waals surface area (Å²) in [5, 5.41) is 30.5. The van der Waals surface area contributed by atoms with Crippen LogP contribution in [-0.4, -0.2) is 46.6 Å². The molecule has 0 aliphatic heterocycles. The van der Waals surface area contributed by atoms with E-state index in [0.717, 1.165) is 25.2 Å². The number of carbonyl (C=O) groups excluding carboxylic acids is 1. The SMILES string of the molecule is O=C(NC(CO)(CO)CO)C1CCC2CCCCC2C1. The molecule has 2 fully saturated rings. The molecule has 5 nitrogen and oxygen atoms in total. The number of carbonyl (C=O) groups is 1. The maximum Gasteiger partial charge on any atom is 0.223 e. The lowest BCUT2D eigenvalue weighted by atomic mass is 9.67. The Morgan fingerprint density at radius 1 is 0.950 bits per heavy atom. The summed E-state index contributed by atoms with van der Waals surface area (Å²) in [7, 11) is 0. The molecule has 2 rings (SSSR count). The van der Waals surface area contributed by atoms with Gasteiger partial charge in [0.25, 0.3) is 0 Å². The highest BCUT2D eigenvalue weighted by atomic mass is 16.3. The summed E-state index contributed by atoms with van der Waals surface area (Å²) in [6.45, 7) is -1.36. The average molecular weight is 285 g/mol. The Hall–Kier alpha value is -0.650. The van der Waals surface area contributed by atoms with Crippen molar-refractivity contribution in [1.82, 2.24) is 5.32 Å². The summed E-state index contributed by atoms with van der Waals surface area (Å²) < 4.78 is 0. The van der Waals surface area contributed by atoms with Crippen LogP contribution in [0, 0.1) is 17.8 Å². The van der Waals surface area contributed by atoms with E-state index in [-0.39, 0.29) is 11.8 Å².